The number of ether oxygens (including phenoxy) is 1. The highest BCUT2D eigenvalue weighted by Gasteiger charge is 2.24. The minimum atomic E-state index is 0.261. The van der Waals surface area contributed by atoms with Gasteiger partial charge in [-0.3, -0.25) is 0 Å². The van der Waals surface area contributed by atoms with E-state index in [0.29, 0.717) is 12.5 Å². The van der Waals surface area contributed by atoms with Gasteiger partial charge in [0.25, 0.3) is 0 Å². The van der Waals surface area contributed by atoms with Gasteiger partial charge in [0, 0.05) is 11.4 Å². The first-order valence-corrected chi connectivity index (χ1v) is 6.18. The monoisotopic (exact) mass is 239 g/mol. The van der Waals surface area contributed by atoms with Crippen LogP contribution in [0.25, 0.3) is 0 Å². The molecule has 1 aromatic carbocycles. The first-order chi connectivity index (χ1) is 7.61. The fourth-order valence-corrected chi connectivity index (χ4v) is 2.54. The van der Waals surface area contributed by atoms with Crippen LogP contribution >= 0.6 is 11.6 Å². The van der Waals surface area contributed by atoms with Crippen LogP contribution in [0.4, 0.5) is 0 Å². The van der Waals surface area contributed by atoms with Crippen molar-refractivity contribution < 1.29 is 4.74 Å². The van der Waals surface area contributed by atoms with Gasteiger partial charge in [-0.05, 0) is 49.1 Å². The SMILES string of the molecule is CC1Cc2cc(Cl)cc(C(C)CCN)c2O1. The summed E-state index contributed by atoms with van der Waals surface area (Å²) in [6.07, 6.45) is 2.18. The molecule has 0 aliphatic carbocycles. The minimum absolute atomic E-state index is 0.261. The Labute approximate surface area is 102 Å². The Bertz CT molecular complexity index is 392. The second-order valence-electron chi connectivity index (χ2n) is 4.59. The minimum Gasteiger partial charge on any atom is -0.490 e. The van der Waals surface area contributed by atoms with Crippen molar-refractivity contribution in [3.05, 3.63) is 28.3 Å². The van der Waals surface area contributed by atoms with Crippen molar-refractivity contribution in [3.8, 4) is 5.75 Å². The molecular formula is C13H18ClNO. The zero-order valence-corrected chi connectivity index (χ0v) is 10.6. The summed E-state index contributed by atoms with van der Waals surface area (Å²) in [7, 11) is 0. The highest BCUT2D eigenvalue weighted by atomic mass is 35.5. The predicted octanol–water partition coefficient (Wildman–Crippen LogP) is 3.12. The quantitative estimate of drug-likeness (QED) is 0.880. The maximum absolute atomic E-state index is 6.13. The Morgan fingerprint density at radius 2 is 2.31 bits per heavy atom. The molecule has 88 valence electrons. The number of halogens is 1. The molecule has 0 amide bonds. The highest BCUT2D eigenvalue weighted by Crippen LogP contribution is 2.39. The molecule has 0 saturated carbocycles. The van der Waals surface area contributed by atoms with Gasteiger partial charge in [0.15, 0.2) is 0 Å². The summed E-state index contributed by atoms with van der Waals surface area (Å²) >= 11 is 6.13. The van der Waals surface area contributed by atoms with E-state index in [9.17, 15) is 0 Å². The maximum atomic E-state index is 6.13. The van der Waals surface area contributed by atoms with E-state index >= 15 is 0 Å². The fourth-order valence-electron chi connectivity index (χ4n) is 2.29. The van der Waals surface area contributed by atoms with Crippen LogP contribution in [0, 0.1) is 0 Å². The molecule has 0 fully saturated rings. The summed E-state index contributed by atoms with van der Waals surface area (Å²) in [6.45, 7) is 4.95. The molecule has 2 unspecified atom stereocenters. The van der Waals surface area contributed by atoms with Gasteiger partial charge in [0.05, 0.1) is 0 Å². The van der Waals surface area contributed by atoms with Gasteiger partial charge >= 0.3 is 0 Å². The lowest BCUT2D eigenvalue weighted by atomic mass is 9.94. The lowest BCUT2D eigenvalue weighted by molar-refractivity contribution is 0.251. The Kier molecular flexibility index (Phi) is 3.41. The Hall–Kier alpha value is -0.730. The molecule has 16 heavy (non-hydrogen) atoms. The topological polar surface area (TPSA) is 35.2 Å². The van der Waals surface area contributed by atoms with Crippen molar-refractivity contribution >= 4 is 11.6 Å². The van der Waals surface area contributed by atoms with Gasteiger partial charge < -0.3 is 10.5 Å². The molecule has 0 aromatic heterocycles. The molecule has 0 spiro atoms. The normalized spacial score (nSPS) is 20.4. The molecule has 2 nitrogen and oxygen atoms in total. The Morgan fingerprint density at radius 1 is 1.56 bits per heavy atom. The molecule has 2 N–H and O–H groups in total. The third-order valence-corrected chi connectivity index (χ3v) is 3.33. The molecule has 0 saturated heterocycles. The van der Waals surface area contributed by atoms with E-state index < -0.39 is 0 Å². The molecule has 1 aromatic rings. The van der Waals surface area contributed by atoms with E-state index in [0.717, 1.165) is 23.6 Å². The highest BCUT2D eigenvalue weighted by molar-refractivity contribution is 6.30. The number of rotatable bonds is 3. The van der Waals surface area contributed by atoms with E-state index in [1.54, 1.807) is 0 Å². The molecular weight excluding hydrogens is 222 g/mol. The number of nitrogens with two attached hydrogens (primary N) is 1. The zero-order valence-electron chi connectivity index (χ0n) is 9.79. The predicted molar refractivity (Wildman–Crippen MR) is 67.3 cm³/mol. The van der Waals surface area contributed by atoms with Gasteiger partial charge in [0.2, 0.25) is 0 Å². The largest absolute Gasteiger partial charge is 0.490 e. The molecule has 1 aliphatic rings. The lowest BCUT2D eigenvalue weighted by Crippen LogP contribution is -2.08. The van der Waals surface area contributed by atoms with Gasteiger partial charge in [-0.25, -0.2) is 0 Å². The maximum Gasteiger partial charge on any atom is 0.126 e. The van der Waals surface area contributed by atoms with Crippen molar-refractivity contribution in [2.45, 2.75) is 38.7 Å². The standard InChI is InChI=1S/C13H18ClNO/c1-8(3-4-15)12-7-11(14)6-10-5-9(2)16-13(10)12/h6-9H,3-5,15H2,1-2H3. The third kappa shape index (κ3) is 2.18. The average molecular weight is 240 g/mol. The second-order valence-corrected chi connectivity index (χ2v) is 5.03. The second kappa shape index (κ2) is 4.64. The molecule has 0 bridgehead atoms. The summed E-state index contributed by atoms with van der Waals surface area (Å²) in [4.78, 5) is 0. The van der Waals surface area contributed by atoms with Crippen molar-refractivity contribution in [1.29, 1.82) is 0 Å². The number of fused-ring (bicyclic) bond motifs is 1. The number of hydrogen-bond acceptors (Lipinski definition) is 2. The van der Waals surface area contributed by atoms with Crippen molar-refractivity contribution in [3.63, 3.8) is 0 Å². The van der Waals surface area contributed by atoms with E-state index in [1.165, 1.54) is 11.1 Å². The van der Waals surface area contributed by atoms with Crippen LogP contribution in [0.3, 0.4) is 0 Å². The summed E-state index contributed by atoms with van der Waals surface area (Å²) in [5.41, 5.74) is 8.04. The summed E-state index contributed by atoms with van der Waals surface area (Å²) < 4.78 is 5.86. The van der Waals surface area contributed by atoms with Gasteiger partial charge in [-0.1, -0.05) is 18.5 Å². The van der Waals surface area contributed by atoms with Gasteiger partial charge in [0.1, 0.15) is 11.9 Å². The van der Waals surface area contributed by atoms with E-state index in [1.807, 2.05) is 12.1 Å². The first kappa shape index (κ1) is 11.7. The van der Waals surface area contributed by atoms with Crippen LogP contribution in [0.2, 0.25) is 5.02 Å². The van der Waals surface area contributed by atoms with Crippen molar-refractivity contribution in [2.75, 3.05) is 6.54 Å². The van der Waals surface area contributed by atoms with Gasteiger partial charge in [-0.2, -0.15) is 0 Å². The molecule has 2 atom stereocenters. The molecule has 1 heterocycles. The molecule has 1 aliphatic heterocycles. The van der Waals surface area contributed by atoms with Crippen LogP contribution in [-0.4, -0.2) is 12.6 Å². The van der Waals surface area contributed by atoms with E-state index in [4.69, 9.17) is 22.1 Å². The Morgan fingerprint density at radius 3 is 3.00 bits per heavy atom. The molecule has 3 heteroatoms. The van der Waals surface area contributed by atoms with Crippen LogP contribution in [0.15, 0.2) is 12.1 Å². The van der Waals surface area contributed by atoms with Crippen LogP contribution in [0.5, 0.6) is 5.75 Å². The van der Waals surface area contributed by atoms with Gasteiger partial charge in [-0.15, -0.1) is 0 Å². The Balaban J connectivity index is 2.38. The lowest BCUT2D eigenvalue weighted by Gasteiger charge is -2.15. The first-order valence-electron chi connectivity index (χ1n) is 5.81. The van der Waals surface area contributed by atoms with Crippen molar-refractivity contribution in [2.24, 2.45) is 5.73 Å². The average Bonchev–Trinajstić information content (AvgIpc) is 2.57. The van der Waals surface area contributed by atoms with Crippen LogP contribution in [0.1, 0.15) is 37.3 Å². The van der Waals surface area contributed by atoms with E-state index in [2.05, 4.69) is 13.8 Å². The van der Waals surface area contributed by atoms with Crippen molar-refractivity contribution in [1.82, 2.24) is 0 Å². The third-order valence-electron chi connectivity index (χ3n) is 3.12. The molecule has 0 radical (unpaired) electrons. The summed E-state index contributed by atoms with van der Waals surface area (Å²) in [5, 5.41) is 0.801. The smallest absolute Gasteiger partial charge is 0.126 e. The van der Waals surface area contributed by atoms with E-state index in [-0.39, 0.29) is 6.10 Å². The van der Waals surface area contributed by atoms with Crippen LogP contribution < -0.4 is 10.5 Å². The number of hydrogen-bond donors (Lipinski definition) is 1. The van der Waals surface area contributed by atoms with Crippen LogP contribution in [-0.2, 0) is 6.42 Å². The molecule has 2 rings (SSSR count). The summed E-state index contributed by atoms with van der Waals surface area (Å²) in [6, 6.07) is 4.03. The fraction of sp³-hybridized carbons (Fsp3) is 0.538. The zero-order chi connectivity index (χ0) is 11.7. The summed E-state index contributed by atoms with van der Waals surface area (Å²) in [5.74, 6) is 1.44. The number of benzene rings is 1.